The number of ether oxygens (including phenoxy) is 1. The summed E-state index contributed by atoms with van der Waals surface area (Å²) >= 11 is 0. The molecule has 2 saturated carbocycles. The van der Waals surface area contributed by atoms with Crippen molar-refractivity contribution in [2.75, 3.05) is 19.6 Å². The molecule has 154 valence electrons. The average Bonchev–Trinajstić information content (AvgIpc) is 3.53. The summed E-state index contributed by atoms with van der Waals surface area (Å²) < 4.78 is 5.82. The Hall–Kier alpha value is -1.55. The van der Waals surface area contributed by atoms with Crippen LogP contribution in [0.25, 0.3) is 0 Å². The molecule has 1 amide bonds. The molecule has 3 aliphatic rings. The zero-order valence-corrected chi connectivity index (χ0v) is 18.0. The van der Waals surface area contributed by atoms with Crippen LogP contribution in [-0.4, -0.2) is 53.2 Å². The first-order chi connectivity index (χ1) is 13.3. The molecule has 4 rings (SSSR count). The van der Waals surface area contributed by atoms with E-state index in [2.05, 4.69) is 47.1 Å². The number of carbonyl (C=O) groups excluding carboxylic acids is 1. The van der Waals surface area contributed by atoms with Crippen molar-refractivity contribution in [3.8, 4) is 0 Å². The largest absolute Gasteiger partial charge is 0.444 e. The van der Waals surface area contributed by atoms with Gasteiger partial charge in [0.05, 0.1) is 0 Å². The fourth-order valence-corrected chi connectivity index (χ4v) is 4.79. The van der Waals surface area contributed by atoms with Gasteiger partial charge in [-0.2, -0.15) is 0 Å². The predicted octanol–water partition coefficient (Wildman–Crippen LogP) is 5.04. The van der Waals surface area contributed by atoms with Crippen LogP contribution in [0.2, 0.25) is 0 Å². The van der Waals surface area contributed by atoms with E-state index in [1.807, 2.05) is 20.8 Å². The van der Waals surface area contributed by atoms with E-state index in [9.17, 15) is 4.79 Å². The van der Waals surface area contributed by atoms with Gasteiger partial charge < -0.3 is 14.5 Å². The van der Waals surface area contributed by atoms with Crippen molar-refractivity contribution in [1.29, 1.82) is 0 Å². The van der Waals surface area contributed by atoms with Crippen molar-refractivity contribution >= 4 is 6.09 Å². The van der Waals surface area contributed by atoms with Gasteiger partial charge in [-0.3, -0.25) is 0 Å². The summed E-state index contributed by atoms with van der Waals surface area (Å²) in [6, 6.07) is 11.6. The number of hydrogen-bond acceptors (Lipinski definition) is 3. The second-order valence-electron chi connectivity index (χ2n) is 10.4. The molecule has 1 heterocycles. The van der Waals surface area contributed by atoms with Crippen LogP contribution in [0.5, 0.6) is 0 Å². The van der Waals surface area contributed by atoms with Crippen LogP contribution < -0.4 is 0 Å². The Kier molecular flexibility index (Phi) is 5.20. The van der Waals surface area contributed by atoms with E-state index >= 15 is 0 Å². The maximum absolute atomic E-state index is 13.1. The molecule has 3 atom stereocenters. The maximum Gasteiger partial charge on any atom is 0.410 e. The van der Waals surface area contributed by atoms with Crippen LogP contribution in [-0.2, 0) is 4.74 Å². The molecule has 1 saturated heterocycles. The van der Waals surface area contributed by atoms with Gasteiger partial charge in [-0.15, -0.1) is 0 Å². The Bertz CT molecular complexity index is 692. The fourth-order valence-electron chi connectivity index (χ4n) is 4.79. The van der Waals surface area contributed by atoms with Gasteiger partial charge in [-0.1, -0.05) is 30.3 Å². The smallest absolute Gasteiger partial charge is 0.410 e. The van der Waals surface area contributed by atoms with Crippen LogP contribution in [0.15, 0.2) is 30.3 Å². The average molecular weight is 385 g/mol. The molecule has 0 aromatic heterocycles. The van der Waals surface area contributed by atoms with Crippen LogP contribution in [0, 0.1) is 5.41 Å². The molecule has 1 aromatic rings. The van der Waals surface area contributed by atoms with Crippen molar-refractivity contribution in [2.24, 2.45) is 5.41 Å². The highest BCUT2D eigenvalue weighted by Gasteiger charge is 2.52. The molecule has 1 aromatic carbocycles. The second kappa shape index (κ2) is 7.37. The van der Waals surface area contributed by atoms with Crippen LogP contribution in [0.4, 0.5) is 4.79 Å². The van der Waals surface area contributed by atoms with Gasteiger partial charge in [0, 0.05) is 36.5 Å². The Morgan fingerprint density at radius 3 is 2.54 bits per heavy atom. The molecule has 4 heteroatoms. The standard InChI is InChI=1S/C24H36N2O2/c1-18-9-8-14-25(18)16-24(12-13-24)17-26(22(27)28-23(2,3)4)21-15-20(21)19-10-6-5-7-11-19/h5-7,10-11,18,20-21H,8-9,12-17H2,1-4H3/t18-,20?,21?/m0/s1. The molecule has 4 nitrogen and oxygen atoms in total. The minimum Gasteiger partial charge on any atom is -0.444 e. The molecule has 2 aliphatic carbocycles. The van der Waals surface area contributed by atoms with Crippen LogP contribution in [0.1, 0.15) is 71.3 Å². The molecule has 28 heavy (non-hydrogen) atoms. The number of nitrogens with zero attached hydrogens (tertiary/aromatic N) is 2. The lowest BCUT2D eigenvalue weighted by Gasteiger charge is -2.33. The normalized spacial score (nSPS) is 28.8. The number of carbonyl (C=O) groups is 1. The molecular formula is C24H36N2O2. The predicted molar refractivity (Wildman–Crippen MR) is 112 cm³/mol. The third-order valence-corrected chi connectivity index (χ3v) is 6.70. The highest BCUT2D eigenvalue weighted by atomic mass is 16.6. The fraction of sp³-hybridized carbons (Fsp3) is 0.708. The zero-order valence-electron chi connectivity index (χ0n) is 18.0. The topological polar surface area (TPSA) is 32.8 Å². The summed E-state index contributed by atoms with van der Waals surface area (Å²) in [5.74, 6) is 0.454. The van der Waals surface area contributed by atoms with E-state index in [4.69, 9.17) is 4.74 Å². The summed E-state index contributed by atoms with van der Waals surface area (Å²) in [6.07, 6.45) is 6.02. The summed E-state index contributed by atoms with van der Waals surface area (Å²) in [4.78, 5) is 17.8. The molecule has 2 unspecified atom stereocenters. The molecule has 0 spiro atoms. The highest BCUT2D eigenvalue weighted by molar-refractivity contribution is 5.69. The lowest BCUT2D eigenvalue weighted by molar-refractivity contribution is 0.0170. The third kappa shape index (κ3) is 4.53. The van der Waals surface area contributed by atoms with E-state index in [1.54, 1.807) is 0 Å². The number of likely N-dealkylation sites (tertiary alicyclic amines) is 1. The number of amides is 1. The number of hydrogen-bond donors (Lipinski definition) is 0. The summed E-state index contributed by atoms with van der Waals surface area (Å²) in [7, 11) is 0. The van der Waals surface area contributed by atoms with E-state index in [0.29, 0.717) is 12.0 Å². The Morgan fingerprint density at radius 1 is 1.25 bits per heavy atom. The van der Waals surface area contributed by atoms with Crippen LogP contribution in [0.3, 0.4) is 0 Å². The quantitative estimate of drug-likeness (QED) is 0.688. The van der Waals surface area contributed by atoms with Crippen molar-refractivity contribution in [3.63, 3.8) is 0 Å². The molecule has 0 N–H and O–H groups in total. The minimum atomic E-state index is -0.452. The van der Waals surface area contributed by atoms with Crippen molar-refractivity contribution in [3.05, 3.63) is 35.9 Å². The van der Waals surface area contributed by atoms with E-state index in [-0.39, 0.29) is 17.6 Å². The van der Waals surface area contributed by atoms with E-state index < -0.39 is 5.60 Å². The lowest BCUT2D eigenvalue weighted by atomic mass is 10.0. The Labute approximate surface area is 170 Å². The van der Waals surface area contributed by atoms with Gasteiger partial charge in [-0.25, -0.2) is 4.79 Å². The molecule has 1 aliphatic heterocycles. The van der Waals surface area contributed by atoms with Gasteiger partial charge in [-0.05, 0) is 71.9 Å². The van der Waals surface area contributed by atoms with Gasteiger partial charge >= 0.3 is 6.09 Å². The Morgan fingerprint density at radius 2 is 1.96 bits per heavy atom. The number of rotatable bonds is 6. The van der Waals surface area contributed by atoms with Crippen molar-refractivity contribution in [2.45, 2.75) is 83.4 Å². The van der Waals surface area contributed by atoms with Gasteiger partial charge in [0.2, 0.25) is 0 Å². The van der Waals surface area contributed by atoms with Crippen LogP contribution >= 0.6 is 0 Å². The number of benzene rings is 1. The first-order valence-corrected chi connectivity index (χ1v) is 11.1. The summed E-state index contributed by atoms with van der Waals surface area (Å²) in [5, 5.41) is 0. The first kappa shape index (κ1) is 19.8. The Balaban J connectivity index is 1.47. The highest BCUT2D eigenvalue weighted by Crippen LogP contribution is 2.52. The molecular weight excluding hydrogens is 348 g/mol. The van der Waals surface area contributed by atoms with Gasteiger partial charge in [0.1, 0.15) is 5.60 Å². The molecule has 0 radical (unpaired) electrons. The van der Waals surface area contributed by atoms with Gasteiger partial charge in [0.25, 0.3) is 0 Å². The third-order valence-electron chi connectivity index (χ3n) is 6.70. The van der Waals surface area contributed by atoms with E-state index in [1.165, 1.54) is 37.8 Å². The first-order valence-electron chi connectivity index (χ1n) is 11.1. The lowest BCUT2D eigenvalue weighted by Crippen LogP contribution is -2.45. The monoisotopic (exact) mass is 384 g/mol. The van der Waals surface area contributed by atoms with Gasteiger partial charge in [0.15, 0.2) is 0 Å². The minimum absolute atomic E-state index is 0.128. The summed E-state index contributed by atoms with van der Waals surface area (Å²) in [5.41, 5.74) is 1.17. The molecule has 0 bridgehead atoms. The SMILES string of the molecule is C[C@H]1CCCN1CC1(CN(C(=O)OC(C)(C)C)C2CC2c2ccccc2)CC1. The summed E-state index contributed by atoms with van der Waals surface area (Å²) in [6.45, 7) is 11.4. The van der Waals surface area contributed by atoms with Crippen molar-refractivity contribution in [1.82, 2.24) is 9.80 Å². The second-order valence-corrected chi connectivity index (χ2v) is 10.4. The van der Waals surface area contributed by atoms with E-state index in [0.717, 1.165) is 19.5 Å². The van der Waals surface area contributed by atoms with Crippen molar-refractivity contribution < 1.29 is 9.53 Å². The zero-order chi connectivity index (χ0) is 19.9. The molecule has 3 fully saturated rings. The maximum atomic E-state index is 13.1.